The Morgan fingerprint density at radius 2 is 2.44 bits per heavy atom. The number of amides is 1. The number of carbonyl (C=O) groups excluding carboxylic acids is 1. The Morgan fingerprint density at radius 1 is 1.69 bits per heavy atom. The third kappa shape index (κ3) is 3.90. The molecule has 1 amide bonds. The first-order valence-corrected chi connectivity index (χ1v) is 6.63. The van der Waals surface area contributed by atoms with Crippen molar-refractivity contribution >= 4 is 17.7 Å². The van der Waals surface area contributed by atoms with Crippen LogP contribution in [0.1, 0.15) is 25.1 Å². The van der Waals surface area contributed by atoms with Gasteiger partial charge in [0.05, 0.1) is 18.3 Å². The smallest absolute Gasteiger partial charge is 0.237 e. The van der Waals surface area contributed by atoms with E-state index in [0.717, 1.165) is 11.5 Å². The van der Waals surface area contributed by atoms with Gasteiger partial charge < -0.3 is 15.5 Å². The molecule has 90 valence electrons. The third-order valence-corrected chi connectivity index (χ3v) is 2.94. The summed E-state index contributed by atoms with van der Waals surface area (Å²) in [5.41, 5.74) is 5.75. The highest BCUT2D eigenvalue weighted by Gasteiger charge is 2.17. The lowest BCUT2D eigenvalue weighted by molar-refractivity contribution is -0.123. The van der Waals surface area contributed by atoms with Crippen LogP contribution in [0.25, 0.3) is 0 Å². The van der Waals surface area contributed by atoms with Gasteiger partial charge in [0.25, 0.3) is 0 Å². The molecule has 0 radical (unpaired) electrons. The second kappa shape index (κ2) is 6.60. The molecule has 1 aromatic heterocycles. The molecule has 5 heteroatoms. The first kappa shape index (κ1) is 13.1. The van der Waals surface area contributed by atoms with Crippen LogP contribution < -0.4 is 11.1 Å². The molecule has 0 aliphatic heterocycles. The Bertz CT molecular complexity index is 314. The number of hydrogen-bond acceptors (Lipinski definition) is 4. The van der Waals surface area contributed by atoms with E-state index in [-0.39, 0.29) is 11.9 Å². The van der Waals surface area contributed by atoms with E-state index in [1.165, 1.54) is 0 Å². The van der Waals surface area contributed by atoms with Crippen LogP contribution in [0.5, 0.6) is 0 Å². The van der Waals surface area contributed by atoms with Crippen molar-refractivity contribution in [2.45, 2.75) is 25.4 Å². The van der Waals surface area contributed by atoms with Crippen LogP contribution in [0.4, 0.5) is 0 Å². The van der Waals surface area contributed by atoms with Crippen LogP contribution in [0.3, 0.4) is 0 Å². The summed E-state index contributed by atoms with van der Waals surface area (Å²) in [6.07, 6.45) is 4.28. The maximum atomic E-state index is 11.7. The highest BCUT2D eigenvalue weighted by atomic mass is 32.2. The van der Waals surface area contributed by atoms with Gasteiger partial charge in [-0.15, -0.1) is 0 Å². The Balaban J connectivity index is 2.39. The van der Waals surface area contributed by atoms with Gasteiger partial charge in [-0.2, -0.15) is 11.8 Å². The molecule has 1 heterocycles. The predicted molar refractivity (Wildman–Crippen MR) is 66.2 cm³/mol. The van der Waals surface area contributed by atoms with E-state index in [0.29, 0.717) is 6.42 Å². The molecule has 1 unspecified atom stereocenters. The number of carbonyl (C=O) groups is 1. The van der Waals surface area contributed by atoms with Crippen molar-refractivity contribution in [3.63, 3.8) is 0 Å². The van der Waals surface area contributed by atoms with Crippen molar-refractivity contribution in [3.05, 3.63) is 24.2 Å². The highest BCUT2D eigenvalue weighted by molar-refractivity contribution is 7.98. The molecule has 4 nitrogen and oxygen atoms in total. The van der Waals surface area contributed by atoms with E-state index in [1.54, 1.807) is 24.1 Å². The lowest BCUT2D eigenvalue weighted by Gasteiger charge is -2.15. The zero-order valence-corrected chi connectivity index (χ0v) is 10.4. The van der Waals surface area contributed by atoms with Crippen LogP contribution >= 0.6 is 11.8 Å². The van der Waals surface area contributed by atoms with Crippen molar-refractivity contribution < 1.29 is 9.21 Å². The van der Waals surface area contributed by atoms with E-state index < -0.39 is 6.04 Å². The molecule has 1 aromatic rings. The van der Waals surface area contributed by atoms with Gasteiger partial charge in [0.1, 0.15) is 5.76 Å². The molecular formula is C11H18N2O2S. The number of hydrogen-bond donors (Lipinski definition) is 2. The minimum Gasteiger partial charge on any atom is -0.467 e. The molecule has 0 spiro atoms. The summed E-state index contributed by atoms with van der Waals surface area (Å²) in [6, 6.07) is 3.05. The summed E-state index contributed by atoms with van der Waals surface area (Å²) < 4.78 is 5.20. The van der Waals surface area contributed by atoms with E-state index in [9.17, 15) is 4.79 Å². The van der Waals surface area contributed by atoms with Crippen LogP contribution in [0.2, 0.25) is 0 Å². The molecule has 0 bridgehead atoms. The lowest BCUT2D eigenvalue weighted by Crippen LogP contribution is -2.41. The minimum atomic E-state index is -0.440. The molecule has 0 aliphatic carbocycles. The molecule has 3 N–H and O–H groups in total. The predicted octanol–water partition coefficient (Wildman–Crippen LogP) is 1.54. The van der Waals surface area contributed by atoms with Crippen LogP contribution in [-0.4, -0.2) is 24.0 Å². The van der Waals surface area contributed by atoms with Gasteiger partial charge in [-0.1, -0.05) is 0 Å². The molecule has 0 saturated carbocycles. The standard InChI is InChI=1S/C11H18N2O2S/c1-8(10-4-3-6-15-10)13-11(14)9(12)5-7-16-2/h3-4,6,8-9H,5,7,12H2,1-2H3,(H,13,14)/t8?,9-/m0/s1. The summed E-state index contributed by atoms with van der Waals surface area (Å²) in [6.45, 7) is 1.87. The molecule has 2 atom stereocenters. The van der Waals surface area contributed by atoms with Gasteiger partial charge in [-0.25, -0.2) is 0 Å². The summed E-state index contributed by atoms with van der Waals surface area (Å²) >= 11 is 1.69. The Morgan fingerprint density at radius 3 is 3.00 bits per heavy atom. The van der Waals surface area contributed by atoms with Crippen molar-refractivity contribution in [2.75, 3.05) is 12.0 Å². The largest absolute Gasteiger partial charge is 0.467 e. The average molecular weight is 242 g/mol. The first-order chi connectivity index (χ1) is 7.65. The normalized spacial score (nSPS) is 14.4. The molecule has 0 aliphatic rings. The number of rotatable bonds is 6. The van der Waals surface area contributed by atoms with Gasteiger partial charge >= 0.3 is 0 Å². The van der Waals surface area contributed by atoms with Crippen molar-refractivity contribution in [1.82, 2.24) is 5.32 Å². The molecular weight excluding hydrogens is 224 g/mol. The van der Waals surface area contributed by atoms with Crippen molar-refractivity contribution in [3.8, 4) is 0 Å². The van der Waals surface area contributed by atoms with E-state index in [4.69, 9.17) is 10.2 Å². The number of furan rings is 1. The zero-order chi connectivity index (χ0) is 12.0. The van der Waals surface area contributed by atoms with Crippen LogP contribution in [-0.2, 0) is 4.79 Å². The second-order valence-corrected chi connectivity index (χ2v) is 4.62. The lowest BCUT2D eigenvalue weighted by atomic mass is 10.2. The fraction of sp³-hybridized carbons (Fsp3) is 0.545. The van der Waals surface area contributed by atoms with Gasteiger partial charge in [0.15, 0.2) is 0 Å². The van der Waals surface area contributed by atoms with Crippen LogP contribution in [0.15, 0.2) is 22.8 Å². The number of nitrogens with two attached hydrogens (primary N) is 1. The molecule has 1 rings (SSSR count). The van der Waals surface area contributed by atoms with Crippen LogP contribution in [0, 0.1) is 0 Å². The minimum absolute atomic E-state index is 0.127. The van der Waals surface area contributed by atoms with Gasteiger partial charge in [0.2, 0.25) is 5.91 Å². The molecule has 0 saturated heterocycles. The number of thioether (sulfide) groups is 1. The Hall–Kier alpha value is -0.940. The molecule has 0 fully saturated rings. The van der Waals surface area contributed by atoms with Crippen molar-refractivity contribution in [1.29, 1.82) is 0 Å². The number of nitrogens with one attached hydrogen (secondary N) is 1. The van der Waals surface area contributed by atoms with E-state index >= 15 is 0 Å². The van der Waals surface area contributed by atoms with Gasteiger partial charge in [-0.3, -0.25) is 4.79 Å². The van der Waals surface area contributed by atoms with E-state index in [2.05, 4.69) is 5.32 Å². The van der Waals surface area contributed by atoms with Gasteiger partial charge in [0, 0.05) is 0 Å². The average Bonchev–Trinajstić information content (AvgIpc) is 2.79. The fourth-order valence-electron chi connectivity index (χ4n) is 1.31. The second-order valence-electron chi connectivity index (χ2n) is 3.63. The third-order valence-electron chi connectivity index (χ3n) is 2.30. The van der Waals surface area contributed by atoms with Crippen molar-refractivity contribution in [2.24, 2.45) is 5.73 Å². The summed E-state index contributed by atoms with van der Waals surface area (Å²) in [5.74, 6) is 1.51. The summed E-state index contributed by atoms with van der Waals surface area (Å²) in [7, 11) is 0. The first-order valence-electron chi connectivity index (χ1n) is 5.23. The maximum Gasteiger partial charge on any atom is 0.237 e. The Kier molecular flexibility index (Phi) is 5.42. The topological polar surface area (TPSA) is 68.3 Å². The maximum absolute atomic E-state index is 11.7. The zero-order valence-electron chi connectivity index (χ0n) is 9.60. The monoisotopic (exact) mass is 242 g/mol. The van der Waals surface area contributed by atoms with Gasteiger partial charge in [-0.05, 0) is 37.5 Å². The summed E-state index contributed by atoms with van der Waals surface area (Å²) in [4.78, 5) is 11.7. The quantitative estimate of drug-likeness (QED) is 0.794. The Labute approximate surface area is 100.0 Å². The summed E-state index contributed by atoms with van der Waals surface area (Å²) in [5, 5.41) is 2.82. The SMILES string of the molecule is CSCC[C@H](N)C(=O)NC(C)c1ccco1. The molecule has 0 aromatic carbocycles. The fourth-order valence-corrected chi connectivity index (χ4v) is 1.79. The van der Waals surface area contributed by atoms with E-state index in [1.807, 2.05) is 19.2 Å². The molecule has 16 heavy (non-hydrogen) atoms. The highest BCUT2D eigenvalue weighted by Crippen LogP contribution is 2.12.